The number of H-pyrrole nitrogens is 1. The molecule has 2 fully saturated rings. The number of hydrogen-bond acceptors (Lipinski definition) is 4. The number of rotatable bonds is 3. The lowest BCUT2D eigenvalue weighted by atomic mass is 9.98. The van der Waals surface area contributed by atoms with Gasteiger partial charge in [-0.2, -0.15) is 0 Å². The van der Waals surface area contributed by atoms with Crippen molar-refractivity contribution < 1.29 is 9.53 Å². The summed E-state index contributed by atoms with van der Waals surface area (Å²) in [5.41, 5.74) is 3.41. The highest BCUT2D eigenvalue weighted by atomic mass is 35.5. The lowest BCUT2D eigenvalue weighted by molar-refractivity contribution is 0.0525. The summed E-state index contributed by atoms with van der Waals surface area (Å²) in [6.45, 7) is 1.97. The van der Waals surface area contributed by atoms with Crippen molar-refractivity contribution in [3.63, 3.8) is 0 Å². The highest BCUT2D eigenvalue weighted by Crippen LogP contribution is 2.36. The SMILES string of the molecule is O=C(OCc1ccc(Cl)cc1)N1CCCC2C1CCN2N1C=CCc2[nH]ccc21. The van der Waals surface area contributed by atoms with Gasteiger partial charge in [-0.25, -0.2) is 9.80 Å². The van der Waals surface area contributed by atoms with Gasteiger partial charge in [0.2, 0.25) is 0 Å². The van der Waals surface area contributed by atoms with E-state index in [0.717, 1.165) is 44.3 Å². The van der Waals surface area contributed by atoms with E-state index in [2.05, 4.69) is 33.3 Å². The number of allylic oxidation sites excluding steroid dienone is 1. The third-order valence-electron chi connectivity index (χ3n) is 6.19. The molecule has 2 aromatic rings. The number of hydrazine groups is 1. The van der Waals surface area contributed by atoms with Crippen LogP contribution in [0.2, 0.25) is 5.02 Å². The summed E-state index contributed by atoms with van der Waals surface area (Å²) in [6.07, 6.45) is 10.1. The highest BCUT2D eigenvalue weighted by Gasteiger charge is 2.45. The lowest BCUT2D eigenvalue weighted by Gasteiger charge is -2.43. The number of halogens is 1. The number of carbonyl (C=O) groups is 1. The van der Waals surface area contributed by atoms with E-state index in [4.69, 9.17) is 16.3 Å². The first-order chi connectivity index (χ1) is 14.2. The maximum absolute atomic E-state index is 12.8. The van der Waals surface area contributed by atoms with E-state index in [1.807, 2.05) is 35.4 Å². The fourth-order valence-corrected chi connectivity index (χ4v) is 4.94. The molecule has 0 aliphatic carbocycles. The van der Waals surface area contributed by atoms with Crippen molar-refractivity contribution in [2.45, 2.75) is 44.4 Å². The molecule has 152 valence electrons. The number of anilines is 1. The second kappa shape index (κ2) is 7.76. The topological polar surface area (TPSA) is 51.8 Å². The van der Waals surface area contributed by atoms with E-state index in [-0.39, 0.29) is 18.7 Å². The van der Waals surface area contributed by atoms with Crippen LogP contribution in [-0.2, 0) is 17.8 Å². The van der Waals surface area contributed by atoms with Crippen LogP contribution in [0, 0.1) is 0 Å². The second-order valence-electron chi connectivity index (χ2n) is 7.88. The summed E-state index contributed by atoms with van der Waals surface area (Å²) in [5, 5.41) is 5.37. The van der Waals surface area contributed by atoms with Crippen LogP contribution in [0.4, 0.5) is 10.5 Å². The van der Waals surface area contributed by atoms with Crippen LogP contribution in [0.5, 0.6) is 0 Å². The maximum atomic E-state index is 12.8. The first-order valence-electron chi connectivity index (χ1n) is 10.3. The van der Waals surface area contributed by atoms with Crippen molar-refractivity contribution in [3.8, 4) is 0 Å². The Morgan fingerprint density at radius 3 is 2.86 bits per heavy atom. The molecule has 7 heteroatoms. The molecule has 0 saturated carbocycles. The van der Waals surface area contributed by atoms with Crippen molar-refractivity contribution in [3.05, 3.63) is 65.1 Å². The summed E-state index contributed by atoms with van der Waals surface area (Å²) in [5.74, 6) is 0. The average molecular weight is 413 g/mol. The Bertz CT molecular complexity index is 910. The molecule has 2 atom stereocenters. The molecule has 2 unspecified atom stereocenters. The van der Waals surface area contributed by atoms with Gasteiger partial charge in [0.05, 0.1) is 17.8 Å². The number of nitrogens with one attached hydrogen (secondary N) is 1. The number of likely N-dealkylation sites (tertiary alicyclic amines) is 1. The van der Waals surface area contributed by atoms with Gasteiger partial charge < -0.3 is 14.6 Å². The van der Waals surface area contributed by atoms with Gasteiger partial charge in [-0.15, -0.1) is 0 Å². The minimum Gasteiger partial charge on any atom is -0.445 e. The smallest absolute Gasteiger partial charge is 0.410 e. The quantitative estimate of drug-likeness (QED) is 0.815. The van der Waals surface area contributed by atoms with Crippen LogP contribution in [0.3, 0.4) is 0 Å². The standard InChI is InChI=1S/C22H25ClN4O2/c23-17-7-5-16(6-8-17)15-29-22(28)25-12-2-4-21-20(25)10-14-27(21)26-13-1-3-18-19(26)9-11-24-18/h1,5-9,11,13,20-21,24H,2-4,10,12,14-15H2. The van der Waals surface area contributed by atoms with Crippen molar-refractivity contribution >= 4 is 23.4 Å². The lowest BCUT2D eigenvalue weighted by Crippen LogP contribution is -2.55. The molecule has 1 N–H and O–H groups in total. The molecule has 0 bridgehead atoms. The molecule has 5 rings (SSSR count). The predicted octanol–water partition coefficient (Wildman–Crippen LogP) is 4.33. The molecule has 29 heavy (non-hydrogen) atoms. The number of piperidine rings is 1. The van der Waals surface area contributed by atoms with Crippen LogP contribution in [0.15, 0.2) is 48.8 Å². The Balaban J connectivity index is 1.27. The van der Waals surface area contributed by atoms with Crippen LogP contribution in [-0.4, -0.2) is 46.2 Å². The van der Waals surface area contributed by atoms with Crippen LogP contribution in [0.25, 0.3) is 0 Å². The number of ether oxygens (including phenoxy) is 1. The summed E-state index contributed by atoms with van der Waals surface area (Å²) >= 11 is 5.93. The number of nitrogens with zero attached hydrogens (tertiary/aromatic N) is 3. The predicted molar refractivity (Wildman–Crippen MR) is 113 cm³/mol. The van der Waals surface area contributed by atoms with Gasteiger partial charge in [-0.3, -0.25) is 5.01 Å². The zero-order valence-corrected chi connectivity index (χ0v) is 17.0. The molecular formula is C22H25ClN4O2. The molecular weight excluding hydrogens is 388 g/mol. The van der Waals surface area contributed by atoms with E-state index in [9.17, 15) is 4.79 Å². The molecule has 1 amide bonds. The fraction of sp³-hybridized carbons (Fsp3) is 0.409. The maximum Gasteiger partial charge on any atom is 0.410 e. The van der Waals surface area contributed by atoms with E-state index >= 15 is 0 Å². The number of aromatic nitrogens is 1. The Morgan fingerprint density at radius 2 is 2.00 bits per heavy atom. The molecule has 1 aromatic carbocycles. The Hall–Kier alpha value is -2.44. The largest absolute Gasteiger partial charge is 0.445 e. The first-order valence-corrected chi connectivity index (χ1v) is 10.6. The van der Waals surface area contributed by atoms with Gasteiger partial charge in [0.15, 0.2) is 0 Å². The molecule has 0 radical (unpaired) electrons. The van der Waals surface area contributed by atoms with Gasteiger partial charge in [0.25, 0.3) is 0 Å². The molecule has 3 aliphatic heterocycles. The number of amides is 1. The zero-order chi connectivity index (χ0) is 19.8. The summed E-state index contributed by atoms with van der Waals surface area (Å²) < 4.78 is 5.63. The minimum atomic E-state index is -0.215. The highest BCUT2D eigenvalue weighted by molar-refractivity contribution is 6.30. The zero-order valence-electron chi connectivity index (χ0n) is 16.3. The molecule has 6 nitrogen and oxygen atoms in total. The van der Waals surface area contributed by atoms with Gasteiger partial charge in [-0.1, -0.05) is 29.8 Å². The van der Waals surface area contributed by atoms with Crippen LogP contribution in [0.1, 0.15) is 30.5 Å². The molecule has 4 heterocycles. The Morgan fingerprint density at radius 1 is 1.14 bits per heavy atom. The van der Waals surface area contributed by atoms with Gasteiger partial charge >= 0.3 is 6.09 Å². The van der Waals surface area contributed by atoms with Crippen molar-refractivity contribution in [2.24, 2.45) is 0 Å². The number of benzene rings is 1. The van der Waals surface area contributed by atoms with Gasteiger partial charge in [0, 0.05) is 42.6 Å². The van der Waals surface area contributed by atoms with E-state index < -0.39 is 0 Å². The first kappa shape index (κ1) is 18.6. The molecule has 2 saturated heterocycles. The van der Waals surface area contributed by atoms with E-state index in [1.165, 1.54) is 11.4 Å². The molecule has 0 spiro atoms. The van der Waals surface area contributed by atoms with E-state index in [0.29, 0.717) is 11.1 Å². The Kier molecular flexibility index (Phi) is 4.97. The summed E-state index contributed by atoms with van der Waals surface area (Å²) in [7, 11) is 0. The van der Waals surface area contributed by atoms with Crippen molar-refractivity contribution in [1.29, 1.82) is 0 Å². The third-order valence-corrected chi connectivity index (χ3v) is 6.44. The monoisotopic (exact) mass is 412 g/mol. The Labute approximate surface area is 175 Å². The average Bonchev–Trinajstić information content (AvgIpc) is 3.39. The number of aromatic amines is 1. The normalized spacial score (nSPS) is 23.8. The number of carbonyl (C=O) groups excluding carboxylic acids is 1. The second-order valence-corrected chi connectivity index (χ2v) is 8.31. The van der Waals surface area contributed by atoms with Crippen LogP contribution >= 0.6 is 11.6 Å². The van der Waals surface area contributed by atoms with Gasteiger partial charge in [0.1, 0.15) is 6.61 Å². The van der Waals surface area contributed by atoms with Crippen molar-refractivity contribution in [1.82, 2.24) is 14.9 Å². The fourth-order valence-electron chi connectivity index (χ4n) is 4.81. The molecule has 1 aromatic heterocycles. The number of hydrogen-bond donors (Lipinski definition) is 1. The van der Waals surface area contributed by atoms with Crippen molar-refractivity contribution in [2.75, 3.05) is 18.1 Å². The number of fused-ring (bicyclic) bond motifs is 2. The summed E-state index contributed by atoms with van der Waals surface area (Å²) in [4.78, 5) is 18.1. The van der Waals surface area contributed by atoms with Crippen LogP contribution < -0.4 is 5.01 Å². The molecule has 3 aliphatic rings. The van der Waals surface area contributed by atoms with E-state index in [1.54, 1.807) is 0 Å². The third kappa shape index (κ3) is 3.51. The van der Waals surface area contributed by atoms with Gasteiger partial charge in [-0.05, 0) is 43.0 Å². The summed E-state index contributed by atoms with van der Waals surface area (Å²) in [6, 6.07) is 10.1. The minimum absolute atomic E-state index is 0.194.